The van der Waals surface area contributed by atoms with Gasteiger partial charge >= 0.3 is 0 Å². The molecular formula is C26H33N3O3S. The SMILES string of the molecule is CC(C)c1ccc(C(=O)Nc2sccc2C(=O)N2CCC(CC(=O)N3CCCC3)CC2)cc1. The van der Waals surface area contributed by atoms with E-state index in [0.29, 0.717) is 47.5 Å². The first-order chi connectivity index (χ1) is 15.9. The van der Waals surface area contributed by atoms with Crippen molar-refractivity contribution in [2.24, 2.45) is 5.92 Å². The molecule has 2 aromatic rings. The summed E-state index contributed by atoms with van der Waals surface area (Å²) < 4.78 is 0. The van der Waals surface area contributed by atoms with Crippen molar-refractivity contribution in [3.63, 3.8) is 0 Å². The van der Waals surface area contributed by atoms with Crippen LogP contribution >= 0.6 is 11.3 Å². The highest BCUT2D eigenvalue weighted by Gasteiger charge is 2.29. The highest BCUT2D eigenvalue weighted by Crippen LogP contribution is 2.29. The number of likely N-dealkylation sites (tertiary alicyclic amines) is 2. The van der Waals surface area contributed by atoms with Crippen LogP contribution in [0.2, 0.25) is 0 Å². The largest absolute Gasteiger partial charge is 0.343 e. The molecule has 0 unspecified atom stereocenters. The summed E-state index contributed by atoms with van der Waals surface area (Å²) in [6, 6.07) is 9.38. The van der Waals surface area contributed by atoms with Gasteiger partial charge in [0.25, 0.3) is 11.8 Å². The van der Waals surface area contributed by atoms with E-state index in [1.165, 1.54) is 16.9 Å². The number of benzene rings is 1. The molecule has 33 heavy (non-hydrogen) atoms. The Labute approximate surface area is 200 Å². The second kappa shape index (κ2) is 10.5. The topological polar surface area (TPSA) is 69.7 Å². The van der Waals surface area contributed by atoms with Crippen LogP contribution in [0.1, 0.15) is 78.1 Å². The highest BCUT2D eigenvalue weighted by molar-refractivity contribution is 7.14. The molecule has 0 atom stereocenters. The number of nitrogens with zero attached hydrogens (tertiary/aromatic N) is 2. The first-order valence-corrected chi connectivity index (χ1v) is 12.9. The normalized spacial score (nSPS) is 16.9. The molecule has 6 nitrogen and oxygen atoms in total. The molecule has 2 saturated heterocycles. The van der Waals surface area contributed by atoms with Crippen molar-refractivity contribution in [2.45, 2.75) is 51.9 Å². The molecule has 0 aliphatic carbocycles. The van der Waals surface area contributed by atoms with Gasteiger partial charge in [-0.05, 0) is 66.7 Å². The van der Waals surface area contributed by atoms with E-state index in [-0.39, 0.29) is 17.7 Å². The summed E-state index contributed by atoms with van der Waals surface area (Å²) in [4.78, 5) is 42.2. The lowest BCUT2D eigenvalue weighted by Crippen LogP contribution is -2.40. The maximum atomic E-state index is 13.2. The van der Waals surface area contributed by atoms with Gasteiger partial charge in [0.05, 0.1) is 5.56 Å². The number of nitrogens with one attached hydrogen (secondary N) is 1. The zero-order valence-corrected chi connectivity index (χ0v) is 20.3. The Morgan fingerprint density at radius 1 is 0.970 bits per heavy atom. The van der Waals surface area contributed by atoms with Crippen LogP contribution in [0.4, 0.5) is 5.00 Å². The van der Waals surface area contributed by atoms with Gasteiger partial charge in [0.2, 0.25) is 5.91 Å². The third-order valence-electron chi connectivity index (χ3n) is 6.79. The van der Waals surface area contributed by atoms with Gasteiger partial charge in [-0.15, -0.1) is 11.3 Å². The van der Waals surface area contributed by atoms with Crippen LogP contribution in [-0.2, 0) is 4.79 Å². The summed E-state index contributed by atoms with van der Waals surface area (Å²) in [5.74, 6) is 0.761. The van der Waals surface area contributed by atoms with E-state index in [0.717, 1.165) is 38.8 Å². The third kappa shape index (κ3) is 5.64. The molecule has 176 valence electrons. The minimum atomic E-state index is -0.207. The van der Waals surface area contributed by atoms with Crippen LogP contribution in [-0.4, -0.2) is 53.7 Å². The molecule has 3 heterocycles. The van der Waals surface area contributed by atoms with Crippen LogP contribution in [0.25, 0.3) is 0 Å². The maximum absolute atomic E-state index is 13.2. The molecular weight excluding hydrogens is 434 g/mol. The van der Waals surface area contributed by atoms with Crippen molar-refractivity contribution in [1.29, 1.82) is 0 Å². The number of thiophene rings is 1. The summed E-state index contributed by atoms with van der Waals surface area (Å²) in [5, 5.41) is 5.35. The molecule has 2 aliphatic rings. The van der Waals surface area contributed by atoms with Crippen LogP contribution in [0.5, 0.6) is 0 Å². The zero-order valence-electron chi connectivity index (χ0n) is 19.5. The molecule has 2 aliphatic heterocycles. The van der Waals surface area contributed by atoms with Crippen molar-refractivity contribution in [1.82, 2.24) is 9.80 Å². The van der Waals surface area contributed by atoms with Crippen molar-refractivity contribution in [2.75, 3.05) is 31.5 Å². The lowest BCUT2D eigenvalue weighted by molar-refractivity contribution is -0.131. The average Bonchev–Trinajstić information content (AvgIpc) is 3.52. The molecule has 1 N–H and O–H groups in total. The minimum absolute atomic E-state index is 0.0500. The van der Waals surface area contributed by atoms with E-state index in [4.69, 9.17) is 0 Å². The fourth-order valence-electron chi connectivity index (χ4n) is 4.62. The molecule has 1 aromatic heterocycles. The standard InChI is InChI=1S/C26H33N3O3S/c1-18(2)20-5-7-21(8-6-20)24(31)27-25-22(11-16-33-25)26(32)29-14-9-19(10-15-29)17-23(30)28-12-3-4-13-28/h5-8,11,16,18-19H,3-4,9-10,12-15,17H2,1-2H3,(H,27,31). The van der Waals surface area contributed by atoms with E-state index in [1.807, 2.05) is 39.4 Å². The Hall–Kier alpha value is -2.67. The number of piperidine rings is 1. The monoisotopic (exact) mass is 467 g/mol. The number of rotatable bonds is 6. The van der Waals surface area contributed by atoms with Crippen LogP contribution < -0.4 is 5.32 Å². The van der Waals surface area contributed by atoms with Gasteiger partial charge < -0.3 is 15.1 Å². The van der Waals surface area contributed by atoms with Gasteiger partial charge in [-0.3, -0.25) is 14.4 Å². The Morgan fingerprint density at radius 3 is 2.27 bits per heavy atom. The molecule has 0 bridgehead atoms. The molecule has 4 rings (SSSR count). The lowest BCUT2D eigenvalue weighted by atomic mass is 9.92. The first kappa shape index (κ1) is 23.5. The molecule has 3 amide bonds. The Morgan fingerprint density at radius 2 is 1.64 bits per heavy atom. The summed E-state index contributed by atoms with van der Waals surface area (Å²) in [7, 11) is 0. The number of hydrogen-bond acceptors (Lipinski definition) is 4. The third-order valence-corrected chi connectivity index (χ3v) is 7.62. The van der Waals surface area contributed by atoms with Gasteiger partial charge in [-0.2, -0.15) is 0 Å². The van der Waals surface area contributed by atoms with Crippen LogP contribution in [0.15, 0.2) is 35.7 Å². The van der Waals surface area contributed by atoms with Gasteiger partial charge in [0.15, 0.2) is 0 Å². The number of anilines is 1. The second-order valence-electron chi connectivity index (χ2n) is 9.42. The molecule has 2 fully saturated rings. The van der Waals surface area contributed by atoms with Crippen molar-refractivity contribution < 1.29 is 14.4 Å². The number of hydrogen-bond donors (Lipinski definition) is 1. The Kier molecular flexibility index (Phi) is 7.48. The Balaban J connectivity index is 1.32. The second-order valence-corrected chi connectivity index (χ2v) is 10.3. The van der Waals surface area contributed by atoms with Gasteiger partial charge in [0, 0.05) is 38.2 Å². The summed E-state index contributed by atoms with van der Waals surface area (Å²) in [6.07, 6.45) is 4.51. The summed E-state index contributed by atoms with van der Waals surface area (Å²) in [5.41, 5.74) is 2.30. The van der Waals surface area contributed by atoms with E-state index in [9.17, 15) is 14.4 Å². The molecule has 0 spiro atoms. The number of carbonyl (C=O) groups excluding carboxylic acids is 3. The van der Waals surface area contributed by atoms with Crippen molar-refractivity contribution >= 4 is 34.1 Å². The number of carbonyl (C=O) groups is 3. The fourth-order valence-corrected chi connectivity index (χ4v) is 5.40. The summed E-state index contributed by atoms with van der Waals surface area (Å²) >= 11 is 1.37. The lowest BCUT2D eigenvalue weighted by Gasteiger charge is -2.32. The van der Waals surface area contributed by atoms with Crippen LogP contribution in [0, 0.1) is 5.92 Å². The van der Waals surface area contributed by atoms with Gasteiger partial charge in [0.1, 0.15) is 5.00 Å². The smallest absolute Gasteiger partial charge is 0.256 e. The quantitative estimate of drug-likeness (QED) is 0.651. The predicted octanol–water partition coefficient (Wildman–Crippen LogP) is 4.99. The van der Waals surface area contributed by atoms with Gasteiger partial charge in [-0.1, -0.05) is 26.0 Å². The first-order valence-electron chi connectivity index (χ1n) is 12.0. The number of amides is 3. The van der Waals surface area contributed by atoms with E-state index in [1.54, 1.807) is 6.07 Å². The molecule has 0 saturated carbocycles. The molecule has 1 aromatic carbocycles. The predicted molar refractivity (Wildman–Crippen MR) is 132 cm³/mol. The maximum Gasteiger partial charge on any atom is 0.256 e. The van der Waals surface area contributed by atoms with Crippen LogP contribution in [0.3, 0.4) is 0 Å². The molecule has 0 radical (unpaired) electrons. The minimum Gasteiger partial charge on any atom is -0.343 e. The van der Waals surface area contributed by atoms with Crippen molar-refractivity contribution in [3.05, 3.63) is 52.4 Å². The van der Waals surface area contributed by atoms with Crippen molar-refractivity contribution in [3.8, 4) is 0 Å². The zero-order chi connectivity index (χ0) is 23.4. The van der Waals surface area contributed by atoms with E-state index in [2.05, 4.69) is 19.2 Å². The average molecular weight is 468 g/mol. The van der Waals surface area contributed by atoms with E-state index >= 15 is 0 Å². The summed E-state index contributed by atoms with van der Waals surface area (Å²) in [6.45, 7) is 7.32. The van der Waals surface area contributed by atoms with Gasteiger partial charge in [-0.25, -0.2) is 0 Å². The highest BCUT2D eigenvalue weighted by atomic mass is 32.1. The molecule has 7 heteroatoms. The fraction of sp³-hybridized carbons (Fsp3) is 0.500. The Bertz CT molecular complexity index is 984. The van der Waals surface area contributed by atoms with E-state index < -0.39 is 0 Å².